The topological polar surface area (TPSA) is 15.3 Å². The lowest BCUT2D eigenvalue weighted by atomic mass is 9.68. The molecule has 2 aliphatic carbocycles. The lowest BCUT2D eigenvalue weighted by Gasteiger charge is -2.60. The molecule has 1 aromatic rings. The second-order valence-electron chi connectivity index (χ2n) is 7.65. The number of rotatable bonds is 0. The average Bonchev–Trinajstić information content (AvgIpc) is 2.59. The maximum absolute atomic E-state index is 4.02. The number of nitrogens with one attached hydrogen (secondary N) is 1. The molecule has 1 aromatic carbocycles. The number of nitrogens with zero attached hydrogens (tertiary/aromatic N) is 1. The smallest absolute Gasteiger partial charge is 0.0987 e. The fraction of sp³-hybridized carbons (Fsp3) is 0.600. The quantitative estimate of drug-likeness (QED) is 0.745. The average molecular weight is 294 g/mol. The number of allylic oxidation sites excluding steroid dienone is 2. The lowest BCUT2D eigenvalue weighted by molar-refractivity contribution is 0.117. The maximum Gasteiger partial charge on any atom is 0.0987 e. The van der Waals surface area contributed by atoms with E-state index in [9.17, 15) is 0 Å². The molecule has 2 atom stereocenters. The first kappa shape index (κ1) is 13.2. The van der Waals surface area contributed by atoms with Gasteiger partial charge >= 0.3 is 0 Å². The standard InChI is InChI=1S/C20H26N2/c1-3-10-18-15(7-1)13-17-9-5-6-12-20(17)21-14-16-8-2-4-11-19(16)22(18)20/h2,4,8,11,17,21H,1,3,5-7,9-10,12-14H2. The van der Waals surface area contributed by atoms with Gasteiger partial charge in [0, 0.05) is 17.9 Å². The summed E-state index contributed by atoms with van der Waals surface area (Å²) in [5.74, 6) is 0.812. The Hall–Kier alpha value is -1.28. The first-order valence-corrected chi connectivity index (χ1v) is 9.22. The van der Waals surface area contributed by atoms with Crippen LogP contribution in [0.15, 0.2) is 35.5 Å². The van der Waals surface area contributed by atoms with E-state index in [1.54, 1.807) is 11.3 Å². The molecule has 2 heterocycles. The summed E-state index contributed by atoms with van der Waals surface area (Å²) in [7, 11) is 0. The van der Waals surface area contributed by atoms with Gasteiger partial charge in [-0.2, -0.15) is 0 Å². The van der Waals surface area contributed by atoms with Gasteiger partial charge in [-0.1, -0.05) is 30.2 Å². The van der Waals surface area contributed by atoms with E-state index < -0.39 is 0 Å². The zero-order chi connectivity index (χ0) is 14.6. The van der Waals surface area contributed by atoms with E-state index in [2.05, 4.69) is 34.5 Å². The number of anilines is 1. The van der Waals surface area contributed by atoms with Crippen LogP contribution in [0.25, 0.3) is 0 Å². The van der Waals surface area contributed by atoms with Crippen molar-refractivity contribution in [1.82, 2.24) is 5.32 Å². The minimum atomic E-state index is 0.225. The highest BCUT2D eigenvalue weighted by Crippen LogP contribution is 2.53. The van der Waals surface area contributed by atoms with Gasteiger partial charge in [-0.05, 0) is 68.9 Å². The summed E-state index contributed by atoms with van der Waals surface area (Å²) >= 11 is 0. The van der Waals surface area contributed by atoms with Crippen molar-refractivity contribution in [3.05, 3.63) is 41.1 Å². The second kappa shape index (κ2) is 4.86. The highest BCUT2D eigenvalue weighted by atomic mass is 15.4. The molecule has 22 heavy (non-hydrogen) atoms. The Balaban J connectivity index is 1.72. The summed E-state index contributed by atoms with van der Waals surface area (Å²) in [6.45, 7) is 1.05. The summed E-state index contributed by atoms with van der Waals surface area (Å²) in [6.07, 6.45) is 12.3. The van der Waals surface area contributed by atoms with E-state index in [1.807, 2.05) is 0 Å². The van der Waals surface area contributed by atoms with Crippen LogP contribution in [0.1, 0.15) is 63.4 Å². The van der Waals surface area contributed by atoms with E-state index >= 15 is 0 Å². The Labute approximate surface area is 133 Å². The lowest BCUT2D eigenvalue weighted by Crippen LogP contribution is -2.68. The molecule has 4 aliphatic rings. The molecule has 116 valence electrons. The summed E-state index contributed by atoms with van der Waals surface area (Å²) in [5, 5.41) is 4.02. The van der Waals surface area contributed by atoms with E-state index in [-0.39, 0.29) is 5.66 Å². The third-order valence-corrected chi connectivity index (χ3v) is 6.57. The molecule has 1 spiro atoms. The fourth-order valence-corrected chi connectivity index (χ4v) is 5.57. The zero-order valence-corrected chi connectivity index (χ0v) is 13.4. The van der Waals surface area contributed by atoms with Crippen LogP contribution >= 0.6 is 0 Å². The molecule has 2 unspecified atom stereocenters. The molecule has 2 nitrogen and oxygen atoms in total. The summed E-state index contributed by atoms with van der Waals surface area (Å²) < 4.78 is 0. The number of hydrogen-bond acceptors (Lipinski definition) is 2. The SMILES string of the molecule is c1ccc2c(c1)CNC13CCCCC1CC1=C(CCCC1)N23. The van der Waals surface area contributed by atoms with Crippen molar-refractivity contribution in [2.24, 2.45) is 5.92 Å². The van der Waals surface area contributed by atoms with Gasteiger partial charge < -0.3 is 4.90 Å². The molecule has 0 bridgehead atoms. The van der Waals surface area contributed by atoms with E-state index in [1.165, 1.54) is 69.0 Å². The van der Waals surface area contributed by atoms with Crippen LogP contribution < -0.4 is 10.2 Å². The Morgan fingerprint density at radius 2 is 1.95 bits per heavy atom. The Kier molecular flexibility index (Phi) is 2.91. The minimum Gasteiger partial charge on any atom is -0.326 e. The van der Waals surface area contributed by atoms with Crippen LogP contribution in [0.5, 0.6) is 0 Å². The van der Waals surface area contributed by atoms with Crippen molar-refractivity contribution in [1.29, 1.82) is 0 Å². The molecule has 2 heteroatoms. The first-order chi connectivity index (χ1) is 10.9. The van der Waals surface area contributed by atoms with Gasteiger partial charge in [-0.25, -0.2) is 0 Å². The molecule has 0 radical (unpaired) electrons. The highest BCUT2D eigenvalue weighted by Gasteiger charge is 2.52. The second-order valence-corrected chi connectivity index (χ2v) is 7.65. The van der Waals surface area contributed by atoms with Gasteiger partial charge in [-0.15, -0.1) is 0 Å². The van der Waals surface area contributed by atoms with Gasteiger partial charge in [-0.3, -0.25) is 5.32 Å². The molecule has 1 saturated carbocycles. The van der Waals surface area contributed by atoms with Crippen molar-refractivity contribution >= 4 is 5.69 Å². The zero-order valence-electron chi connectivity index (χ0n) is 13.4. The van der Waals surface area contributed by atoms with Gasteiger partial charge in [0.05, 0.1) is 5.66 Å². The molecule has 2 aliphatic heterocycles. The molecule has 0 aromatic heterocycles. The van der Waals surface area contributed by atoms with Crippen molar-refractivity contribution in [2.45, 2.75) is 70.0 Å². The highest BCUT2D eigenvalue weighted by molar-refractivity contribution is 5.64. The normalized spacial score (nSPS) is 33.6. The van der Waals surface area contributed by atoms with Crippen LogP contribution in [-0.4, -0.2) is 5.66 Å². The van der Waals surface area contributed by atoms with Crippen LogP contribution in [-0.2, 0) is 6.54 Å². The summed E-state index contributed by atoms with van der Waals surface area (Å²) in [5.41, 5.74) is 6.68. The predicted octanol–water partition coefficient (Wildman–Crippen LogP) is 4.71. The van der Waals surface area contributed by atoms with Crippen molar-refractivity contribution < 1.29 is 0 Å². The predicted molar refractivity (Wildman–Crippen MR) is 90.6 cm³/mol. The van der Waals surface area contributed by atoms with Gasteiger partial charge in [0.25, 0.3) is 0 Å². The largest absolute Gasteiger partial charge is 0.326 e. The molecular weight excluding hydrogens is 268 g/mol. The molecule has 0 saturated heterocycles. The molecule has 1 fully saturated rings. The minimum absolute atomic E-state index is 0.225. The Bertz CT molecular complexity index is 632. The first-order valence-electron chi connectivity index (χ1n) is 9.22. The Morgan fingerprint density at radius 3 is 2.95 bits per heavy atom. The van der Waals surface area contributed by atoms with Crippen molar-refractivity contribution in [3.8, 4) is 0 Å². The number of benzene rings is 1. The summed E-state index contributed by atoms with van der Waals surface area (Å²) in [6, 6.07) is 9.10. The third kappa shape index (κ3) is 1.70. The van der Waals surface area contributed by atoms with Crippen LogP contribution in [0.2, 0.25) is 0 Å². The summed E-state index contributed by atoms with van der Waals surface area (Å²) in [4.78, 5) is 2.79. The fourth-order valence-electron chi connectivity index (χ4n) is 5.57. The van der Waals surface area contributed by atoms with E-state index in [4.69, 9.17) is 0 Å². The number of para-hydroxylation sites is 1. The monoisotopic (exact) mass is 294 g/mol. The van der Waals surface area contributed by atoms with Crippen LogP contribution in [0.3, 0.4) is 0 Å². The van der Waals surface area contributed by atoms with E-state index in [0.717, 1.165) is 12.5 Å². The van der Waals surface area contributed by atoms with Crippen LogP contribution in [0.4, 0.5) is 5.69 Å². The number of hydrogen-bond donors (Lipinski definition) is 1. The third-order valence-electron chi connectivity index (χ3n) is 6.57. The van der Waals surface area contributed by atoms with Crippen molar-refractivity contribution in [2.75, 3.05) is 4.90 Å². The Morgan fingerprint density at radius 1 is 1.05 bits per heavy atom. The molecular formula is C20H26N2. The van der Waals surface area contributed by atoms with Gasteiger partial charge in [0.15, 0.2) is 0 Å². The van der Waals surface area contributed by atoms with Crippen molar-refractivity contribution in [3.63, 3.8) is 0 Å². The van der Waals surface area contributed by atoms with Gasteiger partial charge in [0.2, 0.25) is 0 Å². The molecule has 5 rings (SSSR count). The van der Waals surface area contributed by atoms with Crippen LogP contribution in [0, 0.1) is 5.92 Å². The maximum atomic E-state index is 4.02. The van der Waals surface area contributed by atoms with Gasteiger partial charge in [0.1, 0.15) is 0 Å². The van der Waals surface area contributed by atoms with E-state index in [0.29, 0.717) is 0 Å². The molecule has 1 N–H and O–H groups in total. The number of fused-ring (bicyclic) bond motifs is 3. The molecule has 0 amide bonds.